The van der Waals surface area contributed by atoms with Crippen LogP contribution in [0.15, 0.2) is 0 Å². The van der Waals surface area contributed by atoms with Crippen LogP contribution in [0, 0.1) is 0 Å². The molecule has 2 aliphatic rings. The molecule has 1 atom stereocenters. The lowest BCUT2D eigenvalue weighted by Crippen LogP contribution is -2.41. The Morgan fingerprint density at radius 2 is 2.06 bits per heavy atom. The van der Waals surface area contributed by atoms with Crippen LogP contribution in [-0.4, -0.2) is 55.3 Å². The maximum absolute atomic E-state index is 5.75. The highest BCUT2D eigenvalue weighted by molar-refractivity contribution is 9.09. The number of hydrogen-bond donors (Lipinski definition) is 0. The Kier molecular flexibility index (Phi) is 5.56. The molecule has 0 saturated carbocycles. The summed E-state index contributed by atoms with van der Waals surface area (Å²) >= 11 is 3.39. The van der Waals surface area contributed by atoms with E-state index in [-0.39, 0.29) is 0 Å². The highest BCUT2D eigenvalue weighted by Gasteiger charge is 2.23. The Labute approximate surface area is 107 Å². The molecular formula is C12H22BrNO2. The van der Waals surface area contributed by atoms with Gasteiger partial charge in [-0.25, -0.2) is 0 Å². The van der Waals surface area contributed by atoms with Gasteiger partial charge in [-0.3, -0.25) is 0 Å². The molecule has 2 heterocycles. The second-order valence-corrected chi connectivity index (χ2v) is 5.49. The number of likely N-dealkylation sites (tertiary alicyclic amines) is 1. The summed E-state index contributed by atoms with van der Waals surface area (Å²) in [5, 5.41) is 0.948. The smallest absolute Gasteiger partial charge is 0.0702 e. The fourth-order valence-electron chi connectivity index (χ4n) is 2.55. The van der Waals surface area contributed by atoms with Gasteiger partial charge in [0.1, 0.15) is 0 Å². The predicted molar refractivity (Wildman–Crippen MR) is 68.2 cm³/mol. The van der Waals surface area contributed by atoms with Gasteiger partial charge >= 0.3 is 0 Å². The second-order valence-electron chi connectivity index (χ2n) is 4.69. The van der Waals surface area contributed by atoms with E-state index in [1.807, 2.05) is 0 Å². The van der Waals surface area contributed by atoms with E-state index in [1.165, 1.54) is 38.8 Å². The van der Waals surface area contributed by atoms with Crippen LogP contribution in [0.25, 0.3) is 0 Å². The fourth-order valence-corrected chi connectivity index (χ4v) is 2.73. The third-order valence-electron chi connectivity index (χ3n) is 3.45. The van der Waals surface area contributed by atoms with Gasteiger partial charge in [-0.1, -0.05) is 15.9 Å². The van der Waals surface area contributed by atoms with Crippen molar-refractivity contribution in [3.05, 3.63) is 0 Å². The molecule has 4 heteroatoms. The molecule has 0 aliphatic carbocycles. The van der Waals surface area contributed by atoms with Crippen molar-refractivity contribution in [2.45, 2.75) is 37.9 Å². The van der Waals surface area contributed by atoms with Crippen molar-refractivity contribution in [1.82, 2.24) is 4.90 Å². The van der Waals surface area contributed by atoms with Gasteiger partial charge in [0.2, 0.25) is 0 Å². The molecule has 0 aromatic heterocycles. The van der Waals surface area contributed by atoms with Crippen LogP contribution >= 0.6 is 15.9 Å². The van der Waals surface area contributed by atoms with E-state index in [4.69, 9.17) is 9.47 Å². The molecule has 0 aromatic rings. The molecule has 0 aromatic carbocycles. The SMILES string of the molecule is BrCCOC1CCN(CC2CCCO2)CC1. The first-order valence-corrected chi connectivity index (χ1v) is 7.52. The Morgan fingerprint density at radius 1 is 1.25 bits per heavy atom. The van der Waals surface area contributed by atoms with Crippen molar-refractivity contribution in [2.24, 2.45) is 0 Å². The zero-order valence-electron chi connectivity index (χ0n) is 9.87. The maximum Gasteiger partial charge on any atom is 0.0702 e. The van der Waals surface area contributed by atoms with Crippen LogP contribution in [0.5, 0.6) is 0 Å². The number of hydrogen-bond acceptors (Lipinski definition) is 3. The summed E-state index contributed by atoms with van der Waals surface area (Å²) in [7, 11) is 0. The van der Waals surface area contributed by atoms with Gasteiger partial charge in [0.15, 0.2) is 0 Å². The molecule has 2 aliphatic heterocycles. The van der Waals surface area contributed by atoms with Crippen LogP contribution in [0.1, 0.15) is 25.7 Å². The minimum absolute atomic E-state index is 0.485. The summed E-state index contributed by atoms with van der Waals surface area (Å²) in [5.74, 6) is 0. The van der Waals surface area contributed by atoms with Gasteiger partial charge in [-0.05, 0) is 25.7 Å². The zero-order valence-corrected chi connectivity index (χ0v) is 11.5. The molecule has 0 spiro atoms. The maximum atomic E-state index is 5.75. The number of alkyl halides is 1. The van der Waals surface area contributed by atoms with Gasteiger partial charge in [-0.2, -0.15) is 0 Å². The first-order valence-electron chi connectivity index (χ1n) is 6.40. The molecule has 2 fully saturated rings. The van der Waals surface area contributed by atoms with Crippen LogP contribution in [0.3, 0.4) is 0 Å². The topological polar surface area (TPSA) is 21.7 Å². The van der Waals surface area contributed by atoms with Gasteiger partial charge in [0.25, 0.3) is 0 Å². The van der Waals surface area contributed by atoms with Gasteiger partial charge in [0, 0.05) is 31.6 Å². The summed E-state index contributed by atoms with van der Waals surface area (Å²) in [5.41, 5.74) is 0. The number of halogens is 1. The average molecular weight is 292 g/mol. The van der Waals surface area contributed by atoms with E-state index in [0.29, 0.717) is 12.2 Å². The molecule has 94 valence electrons. The van der Waals surface area contributed by atoms with Gasteiger partial charge < -0.3 is 14.4 Å². The first kappa shape index (κ1) is 12.8. The standard InChI is InChI=1S/C12H22BrNO2/c13-5-9-16-11-3-6-14(7-4-11)10-12-2-1-8-15-12/h11-12H,1-10H2. The zero-order chi connectivity index (χ0) is 11.2. The van der Waals surface area contributed by atoms with E-state index in [2.05, 4.69) is 20.8 Å². The van der Waals surface area contributed by atoms with Crippen molar-refractivity contribution in [2.75, 3.05) is 38.2 Å². The highest BCUT2D eigenvalue weighted by Crippen LogP contribution is 2.18. The largest absolute Gasteiger partial charge is 0.377 e. The van der Waals surface area contributed by atoms with Crippen LogP contribution < -0.4 is 0 Å². The third kappa shape index (κ3) is 3.99. The van der Waals surface area contributed by atoms with Crippen molar-refractivity contribution >= 4 is 15.9 Å². The molecule has 3 nitrogen and oxygen atoms in total. The molecule has 1 unspecified atom stereocenters. The van der Waals surface area contributed by atoms with Crippen molar-refractivity contribution in [3.63, 3.8) is 0 Å². The summed E-state index contributed by atoms with van der Waals surface area (Å²) in [6, 6.07) is 0. The van der Waals surface area contributed by atoms with Crippen molar-refractivity contribution in [1.29, 1.82) is 0 Å². The number of piperidine rings is 1. The molecular weight excluding hydrogens is 270 g/mol. The first-order chi connectivity index (χ1) is 7.88. The van der Waals surface area contributed by atoms with Crippen LogP contribution in [0.2, 0.25) is 0 Å². The summed E-state index contributed by atoms with van der Waals surface area (Å²) in [4.78, 5) is 2.53. The lowest BCUT2D eigenvalue weighted by molar-refractivity contribution is 0.000893. The number of rotatable bonds is 5. The molecule has 16 heavy (non-hydrogen) atoms. The molecule has 2 saturated heterocycles. The van der Waals surface area contributed by atoms with E-state index < -0.39 is 0 Å². The molecule has 0 N–H and O–H groups in total. The summed E-state index contributed by atoms with van der Waals surface area (Å²) in [6.07, 6.45) is 5.84. The minimum atomic E-state index is 0.485. The number of ether oxygens (including phenoxy) is 2. The van der Waals surface area contributed by atoms with E-state index in [9.17, 15) is 0 Å². The number of nitrogens with zero attached hydrogens (tertiary/aromatic N) is 1. The van der Waals surface area contributed by atoms with Crippen molar-refractivity contribution < 1.29 is 9.47 Å². The molecule has 0 radical (unpaired) electrons. The fraction of sp³-hybridized carbons (Fsp3) is 1.00. The Bertz CT molecular complexity index is 189. The third-order valence-corrected chi connectivity index (χ3v) is 3.77. The Hall–Kier alpha value is 0.360. The molecule has 0 amide bonds. The summed E-state index contributed by atoms with van der Waals surface area (Å²) in [6.45, 7) is 5.29. The monoisotopic (exact) mass is 291 g/mol. The quantitative estimate of drug-likeness (QED) is 0.724. The Morgan fingerprint density at radius 3 is 2.69 bits per heavy atom. The van der Waals surface area contributed by atoms with Gasteiger partial charge in [-0.15, -0.1) is 0 Å². The van der Waals surface area contributed by atoms with Crippen LogP contribution in [0.4, 0.5) is 0 Å². The lowest BCUT2D eigenvalue weighted by atomic mass is 10.1. The second kappa shape index (κ2) is 6.94. The van der Waals surface area contributed by atoms with Crippen LogP contribution in [-0.2, 0) is 9.47 Å². The predicted octanol–water partition coefficient (Wildman–Crippen LogP) is 2.04. The van der Waals surface area contributed by atoms with E-state index in [0.717, 1.165) is 25.1 Å². The van der Waals surface area contributed by atoms with E-state index in [1.54, 1.807) is 0 Å². The average Bonchev–Trinajstić information content (AvgIpc) is 2.81. The Balaban J connectivity index is 1.60. The molecule has 2 rings (SSSR count). The highest BCUT2D eigenvalue weighted by atomic mass is 79.9. The molecule has 0 bridgehead atoms. The van der Waals surface area contributed by atoms with Crippen molar-refractivity contribution in [3.8, 4) is 0 Å². The normalized spacial score (nSPS) is 28.7. The minimum Gasteiger partial charge on any atom is -0.377 e. The van der Waals surface area contributed by atoms with Gasteiger partial charge in [0.05, 0.1) is 18.8 Å². The summed E-state index contributed by atoms with van der Waals surface area (Å²) < 4.78 is 11.4. The van der Waals surface area contributed by atoms with E-state index >= 15 is 0 Å². The lowest BCUT2D eigenvalue weighted by Gasteiger charge is -2.33.